The van der Waals surface area contributed by atoms with E-state index in [1.165, 1.54) is 0 Å². The summed E-state index contributed by atoms with van der Waals surface area (Å²) in [6.45, 7) is 3.31. The summed E-state index contributed by atoms with van der Waals surface area (Å²) in [7, 11) is 0. The number of hydrogen-bond donors (Lipinski definition) is 1. The minimum Gasteiger partial charge on any atom is -0.486 e. The summed E-state index contributed by atoms with van der Waals surface area (Å²) in [5.74, 6) is 3.59. The summed E-state index contributed by atoms with van der Waals surface area (Å²) in [6.07, 6.45) is 0.364. The molecule has 0 bridgehead atoms. The van der Waals surface area contributed by atoms with Crippen molar-refractivity contribution in [2.45, 2.75) is 19.4 Å². The van der Waals surface area contributed by atoms with Crippen LogP contribution in [-0.2, 0) is 0 Å². The summed E-state index contributed by atoms with van der Waals surface area (Å²) in [5, 5.41) is 10.0. The van der Waals surface area contributed by atoms with Gasteiger partial charge in [0.25, 0.3) is 0 Å². The fraction of sp³-hybridized carbons (Fsp3) is 0.538. The third kappa shape index (κ3) is 3.30. The van der Waals surface area contributed by atoms with Crippen LogP contribution in [0, 0.1) is 0 Å². The number of benzene rings is 1. The van der Waals surface area contributed by atoms with Gasteiger partial charge in [-0.05, 0) is 35.6 Å². The van der Waals surface area contributed by atoms with E-state index < -0.39 is 6.10 Å². The largest absolute Gasteiger partial charge is 0.486 e. The Kier molecular flexibility index (Phi) is 4.57. The topological polar surface area (TPSA) is 38.7 Å². The lowest BCUT2D eigenvalue weighted by molar-refractivity contribution is 0.163. The molecule has 0 aromatic heterocycles. The van der Waals surface area contributed by atoms with E-state index in [0.717, 1.165) is 35.0 Å². The predicted octanol–water partition coefficient (Wildman–Crippen LogP) is 2.63. The first-order valence-corrected chi connectivity index (χ1v) is 7.12. The Hall–Kier alpha value is -0.870. The maximum atomic E-state index is 10.0. The molecular weight excluding hydrogens is 236 g/mol. The lowest BCUT2D eigenvalue weighted by Gasteiger charge is -2.20. The molecule has 1 aromatic carbocycles. The van der Waals surface area contributed by atoms with Crippen molar-refractivity contribution in [3.05, 3.63) is 23.8 Å². The molecule has 1 N–H and O–H groups in total. The van der Waals surface area contributed by atoms with Crippen LogP contribution in [0.4, 0.5) is 0 Å². The molecule has 1 aliphatic heterocycles. The van der Waals surface area contributed by atoms with E-state index in [9.17, 15) is 5.11 Å². The van der Waals surface area contributed by atoms with Crippen molar-refractivity contribution in [3.63, 3.8) is 0 Å². The average Bonchev–Trinajstić information content (AvgIpc) is 2.38. The van der Waals surface area contributed by atoms with Crippen molar-refractivity contribution >= 4 is 11.8 Å². The molecule has 17 heavy (non-hydrogen) atoms. The fourth-order valence-corrected chi connectivity index (χ4v) is 2.45. The number of rotatable bonds is 5. The van der Waals surface area contributed by atoms with Crippen molar-refractivity contribution in [2.24, 2.45) is 0 Å². The molecule has 1 heterocycles. The molecule has 0 fully saturated rings. The van der Waals surface area contributed by atoms with Gasteiger partial charge >= 0.3 is 0 Å². The van der Waals surface area contributed by atoms with E-state index in [2.05, 4.69) is 6.92 Å². The van der Waals surface area contributed by atoms with E-state index in [-0.39, 0.29) is 0 Å². The Morgan fingerprint density at radius 2 is 2.06 bits per heavy atom. The Bertz CT molecular complexity index is 368. The second-order valence-corrected chi connectivity index (χ2v) is 5.30. The number of hydrogen-bond acceptors (Lipinski definition) is 4. The molecule has 2 rings (SSSR count). The summed E-state index contributed by atoms with van der Waals surface area (Å²) >= 11 is 1.84. The van der Waals surface area contributed by atoms with E-state index in [1.807, 2.05) is 30.0 Å². The normalized spacial score (nSPS) is 15.6. The lowest BCUT2D eigenvalue weighted by atomic mass is 10.1. The van der Waals surface area contributed by atoms with E-state index in [1.54, 1.807) is 0 Å². The van der Waals surface area contributed by atoms with Gasteiger partial charge in [0, 0.05) is 0 Å². The smallest absolute Gasteiger partial charge is 0.161 e. The van der Waals surface area contributed by atoms with Crippen molar-refractivity contribution in [2.75, 3.05) is 24.7 Å². The third-order valence-electron chi connectivity index (χ3n) is 2.69. The molecule has 0 saturated heterocycles. The fourth-order valence-electron chi connectivity index (χ4n) is 1.77. The zero-order chi connectivity index (χ0) is 12.1. The lowest BCUT2D eigenvalue weighted by Crippen LogP contribution is -2.15. The second kappa shape index (κ2) is 6.17. The first-order chi connectivity index (χ1) is 8.31. The first-order valence-electron chi connectivity index (χ1n) is 5.96. The summed E-state index contributed by atoms with van der Waals surface area (Å²) in [5.41, 5.74) is 0.908. The minimum atomic E-state index is -0.412. The number of aliphatic hydroxyl groups is 1. The van der Waals surface area contributed by atoms with Gasteiger partial charge in [-0.15, -0.1) is 0 Å². The van der Waals surface area contributed by atoms with Gasteiger partial charge in [-0.2, -0.15) is 11.8 Å². The Labute approximate surface area is 106 Å². The molecule has 0 spiro atoms. The van der Waals surface area contributed by atoms with Gasteiger partial charge in [0.05, 0.1) is 6.10 Å². The van der Waals surface area contributed by atoms with Crippen molar-refractivity contribution in [1.82, 2.24) is 0 Å². The van der Waals surface area contributed by atoms with Crippen LogP contribution in [0.5, 0.6) is 11.5 Å². The molecule has 4 heteroatoms. The van der Waals surface area contributed by atoms with Gasteiger partial charge in [-0.25, -0.2) is 0 Å². The van der Waals surface area contributed by atoms with Gasteiger partial charge in [-0.1, -0.05) is 13.0 Å². The summed E-state index contributed by atoms with van der Waals surface area (Å²) in [4.78, 5) is 0. The monoisotopic (exact) mass is 254 g/mol. The molecule has 3 nitrogen and oxygen atoms in total. The van der Waals surface area contributed by atoms with Crippen LogP contribution in [0.15, 0.2) is 18.2 Å². The predicted molar refractivity (Wildman–Crippen MR) is 70.0 cm³/mol. The average molecular weight is 254 g/mol. The van der Waals surface area contributed by atoms with Gasteiger partial charge in [0.15, 0.2) is 11.5 Å². The standard InChI is InChI=1S/C13H18O3S/c1-2-17-8-5-11(14)10-3-4-12-13(9-10)16-7-6-15-12/h3-4,9,11,14H,2,5-8H2,1H3. The minimum absolute atomic E-state index is 0.412. The molecule has 94 valence electrons. The first kappa shape index (κ1) is 12.6. The van der Waals surface area contributed by atoms with Gasteiger partial charge in [0.1, 0.15) is 13.2 Å². The van der Waals surface area contributed by atoms with Crippen molar-refractivity contribution < 1.29 is 14.6 Å². The molecule has 1 aromatic rings. The van der Waals surface area contributed by atoms with E-state index in [4.69, 9.17) is 9.47 Å². The van der Waals surface area contributed by atoms with Gasteiger partial charge in [-0.3, -0.25) is 0 Å². The highest BCUT2D eigenvalue weighted by molar-refractivity contribution is 7.99. The number of thioether (sulfide) groups is 1. The molecular formula is C13H18O3S. The Morgan fingerprint density at radius 3 is 2.82 bits per heavy atom. The maximum absolute atomic E-state index is 10.0. The SMILES string of the molecule is CCSCCC(O)c1ccc2c(c1)OCCO2. The number of aliphatic hydroxyl groups excluding tert-OH is 1. The van der Waals surface area contributed by atoms with E-state index in [0.29, 0.717) is 13.2 Å². The zero-order valence-corrected chi connectivity index (χ0v) is 10.8. The van der Waals surface area contributed by atoms with Crippen LogP contribution in [-0.4, -0.2) is 29.8 Å². The van der Waals surface area contributed by atoms with Crippen LogP contribution in [0.3, 0.4) is 0 Å². The van der Waals surface area contributed by atoms with Crippen LogP contribution < -0.4 is 9.47 Å². The second-order valence-electron chi connectivity index (χ2n) is 3.90. The highest BCUT2D eigenvalue weighted by atomic mass is 32.2. The number of fused-ring (bicyclic) bond motifs is 1. The molecule has 0 radical (unpaired) electrons. The van der Waals surface area contributed by atoms with Crippen LogP contribution in [0.25, 0.3) is 0 Å². The summed E-state index contributed by atoms with van der Waals surface area (Å²) in [6, 6.07) is 5.67. The summed E-state index contributed by atoms with van der Waals surface area (Å²) < 4.78 is 10.9. The van der Waals surface area contributed by atoms with Gasteiger partial charge < -0.3 is 14.6 Å². The molecule has 0 amide bonds. The quantitative estimate of drug-likeness (QED) is 0.820. The molecule has 0 saturated carbocycles. The molecule has 1 aliphatic rings. The molecule has 1 unspecified atom stereocenters. The van der Waals surface area contributed by atoms with Crippen LogP contribution >= 0.6 is 11.8 Å². The van der Waals surface area contributed by atoms with Crippen LogP contribution in [0.1, 0.15) is 25.0 Å². The highest BCUT2D eigenvalue weighted by Crippen LogP contribution is 2.33. The van der Waals surface area contributed by atoms with Crippen molar-refractivity contribution in [3.8, 4) is 11.5 Å². The van der Waals surface area contributed by atoms with E-state index >= 15 is 0 Å². The highest BCUT2D eigenvalue weighted by Gasteiger charge is 2.15. The Balaban J connectivity index is 2.00. The molecule has 0 aliphatic carbocycles. The van der Waals surface area contributed by atoms with Gasteiger partial charge in [0.2, 0.25) is 0 Å². The molecule has 1 atom stereocenters. The Morgan fingerprint density at radius 1 is 1.29 bits per heavy atom. The zero-order valence-electron chi connectivity index (χ0n) is 10.0. The number of ether oxygens (including phenoxy) is 2. The third-order valence-corrected chi connectivity index (χ3v) is 3.62. The van der Waals surface area contributed by atoms with Crippen molar-refractivity contribution in [1.29, 1.82) is 0 Å². The maximum Gasteiger partial charge on any atom is 0.161 e. The van der Waals surface area contributed by atoms with Crippen LogP contribution in [0.2, 0.25) is 0 Å².